The average Bonchev–Trinajstić information content (AvgIpc) is 2.88. The number of para-hydroxylation sites is 1. The zero-order chi connectivity index (χ0) is 13.5. The number of ketones is 1. The third kappa shape index (κ3) is 2.01. The van der Waals surface area contributed by atoms with Crippen LogP contribution in [0.4, 0.5) is 0 Å². The van der Waals surface area contributed by atoms with Crippen molar-refractivity contribution in [1.29, 1.82) is 0 Å². The maximum atomic E-state index is 11.5. The van der Waals surface area contributed by atoms with E-state index in [4.69, 9.17) is 4.74 Å². The van der Waals surface area contributed by atoms with Gasteiger partial charge in [0.15, 0.2) is 0 Å². The molecule has 1 aromatic heterocycles. The van der Waals surface area contributed by atoms with E-state index in [-0.39, 0.29) is 11.9 Å². The van der Waals surface area contributed by atoms with E-state index in [0.717, 1.165) is 5.69 Å². The van der Waals surface area contributed by atoms with Gasteiger partial charge in [-0.15, -0.1) is 5.10 Å². The van der Waals surface area contributed by atoms with Gasteiger partial charge in [-0.1, -0.05) is 18.2 Å². The fourth-order valence-electron chi connectivity index (χ4n) is 2.06. The normalized spacial score (nSPS) is 20.9. The lowest BCUT2D eigenvalue weighted by Gasteiger charge is -2.40. The van der Waals surface area contributed by atoms with E-state index in [1.54, 1.807) is 11.0 Å². The van der Waals surface area contributed by atoms with Gasteiger partial charge < -0.3 is 4.74 Å². The molecule has 1 fully saturated rings. The van der Waals surface area contributed by atoms with Crippen LogP contribution in [0.25, 0.3) is 5.69 Å². The third-order valence-corrected chi connectivity index (χ3v) is 3.63. The van der Waals surface area contributed by atoms with Crippen LogP contribution in [-0.2, 0) is 4.79 Å². The number of ether oxygens (including phenoxy) is 1. The Morgan fingerprint density at radius 2 is 2.05 bits per heavy atom. The molecule has 0 N–H and O–H groups in total. The number of Topliss-reactive ketones (excluding diaryl/α,β-unsaturated/α-hetero) is 1. The molecule has 3 rings (SSSR count). The first-order chi connectivity index (χ1) is 9.07. The van der Waals surface area contributed by atoms with E-state index in [2.05, 4.69) is 10.1 Å². The van der Waals surface area contributed by atoms with E-state index in [9.17, 15) is 4.79 Å². The van der Waals surface area contributed by atoms with Crippen molar-refractivity contribution in [3.8, 4) is 11.7 Å². The maximum absolute atomic E-state index is 11.5. The van der Waals surface area contributed by atoms with Crippen LogP contribution in [0.5, 0.6) is 6.01 Å². The Hall–Kier alpha value is -2.17. The van der Waals surface area contributed by atoms with Crippen molar-refractivity contribution in [1.82, 2.24) is 14.8 Å². The topological polar surface area (TPSA) is 57.0 Å². The molecule has 0 bridgehead atoms. The highest BCUT2D eigenvalue weighted by Gasteiger charge is 2.49. The Balaban J connectivity index is 1.75. The van der Waals surface area contributed by atoms with Crippen molar-refractivity contribution < 1.29 is 9.53 Å². The van der Waals surface area contributed by atoms with Crippen LogP contribution in [0.15, 0.2) is 36.7 Å². The van der Waals surface area contributed by atoms with Crippen molar-refractivity contribution in [2.24, 2.45) is 5.41 Å². The van der Waals surface area contributed by atoms with Gasteiger partial charge in [-0.25, -0.2) is 4.68 Å². The van der Waals surface area contributed by atoms with Crippen LogP contribution in [0, 0.1) is 5.41 Å². The summed E-state index contributed by atoms with van der Waals surface area (Å²) in [5.41, 5.74) is 0.492. The molecule has 1 saturated carbocycles. The lowest BCUT2D eigenvalue weighted by atomic mass is 9.68. The van der Waals surface area contributed by atoms with Crippen LogP contribution >= 0.6 is 0 Å². The lowest BCUT2D eigenvalue weighted by molar-refractivity contribution is -0.148. The number of benzene rings is 1. The fourth-order valence-corrected chi connectivity index (χ4v) is 2.06. The van der Waals surface area contributed by atoms with Gasteiger partial charge in [-0.3, -0.25) is 4.79 Å². The van der Waals surface area contributed by atoms with Gasteiger partial charge in [-0.2, -0.15) is 4.98 Å². The maximum Gasteiger partial charge on any atom is 0.336 e. The van der Waals surface area contributed by atoms with E-state index >= 15 is 0 Å². The molecule has 2 aromatic rings. The minimum atomic E-state index is -0.432. The summed E-state index contributed by atoms with van der Waals surface area (Å²) in [7, 11) is 0. The van der Waals surface area contributed by atoms with Crippen molar-refractivity contribution in [2.45, 2.75) is 26.4 Å². The molecule has 0 spiro atoms. The molecule has 1 aliphatic carbocycles. The molecule has 1 atom stereocenters. The van der Waals surface area contributed by atoms with E-state index in [0.29, 0.717) is 12.4 Å². The molecule has 0 saturated heterocycles. The molecular weight excluding hydrogens is 242 g/mol. The number of rotatable bonds is 3. The molecule has 0 aliphatic heterocycles. The van der Waals surface area contributed by atoms with E-state index in [1.165, 1.54) is 0 Å². The molecule has 1 unspecified atom stereocenters. The summed E-state index contributed by atoms with van der Waals surface area (Å²) in [5.74, 6) is 0.222. The van der Waals surface area contributed by atoms with Crippen LogP contribution in [-0.4, -0.2) is 26.7 Å². The Labute approximate surface area is 111 Å². The largest absolute Gasteiger partial charge is 0.458 e. The molecule has 0 radical (unpaired) electrons. The summed E-state index contributed by atoms with van der Waals surface area (Å²) < 4.78 is 7.33. The number of nitrogens with zero attached hydrogens (tertiary/aromatic N) is 3. The predicted octanol–water partition coefficient (Wildman–Crippen LogP) is 2.01. The first-order valence-electron chi connectivity index (χ1n) is 6.24. The molecular formula is C14H15N3O2. The molecule has 1 aromatic carbocycles. The monoisotopic (exact) mass is 257 g/mol. The smallest absolute Gasteiger partial charge is 0.336 e. The van der Waals surface area contributed by atoms with Gasteiger partial charge >= 0.3 is 6.01 Å². The Morgan fingerprint density at radius 3 is 2.68 bits per heavy atom. The minimum Gasteiger partial charge on any atom is -0.458 e. The number of hydrogen-bond acceptors (Lipinski definition) is 4. The van der Waals surface area contributed by atoms with Crippen molar-refractivity contribution >= 4 is 5.78 Å². The first-order valence-corrected chi connectivity index (χ1v) is 6.24. The Morgan fingerprint density at radius 1 is 1.32 bits per heavy atom. The molecule has 98 valence electrons. The minimum absolute atomic E-state index is 0.133. The second-order valence-corrected chi connectivity index (χ2v) is 5.26. The summed E-state index contributed by atoms with van der Waals surface area (Å²) in [5, 5.41) is 4.26. The molecule has 1 aliphatic rings. The number of hydrogen-bond donors (Lipinski definition) is 0. The standard InChI is InChI=1S/C14H15N3O2/c1-14(2)11(18)8-12(14)19-13-15-9-17(16-13)10-6-4-3-5-7-10/h3-7,9,12H,8H2,1-2H3. The van der Waals surface area contributed by atoms with E-state index < -0.39 is 5.41 Å². The fraction of sp³-hybridized carbons (Fsp3) is 0.357. The third-order valence-electron chi connectivity index (χ3n) is 3.63. The quantitative estimate of drug-likeness (QED) is 0.844. The summed E-state index contributed by atoms with van der Waals surface area (Å²) in [6.45, 7) is 3.77. The highest BCUT2D eigenvalue weighted by atomic mass is 16.5. The van der Waals surface area contributed by atoms with E-state index in [1.807, 2.05) is 44.2 Å². The van der Waals surface area contributed by atoms with Gasteiger partial charge in [0.1, 0.15) is 18.2 Å². The Kier molecular flexibility index (Phi) is 2.62. The zero-order valence-electron chi connectivity index (χ0n) is 10.9. The summed E-state index contributed by atoms with van der Waals surface area (Å²) in [6, 6.07) is 10.0. The second-order valence-electron chi connectivity index (χ2n) is 5.26. The molecule has 5 heteroatoms. The number of carbonyl (C=O) groups excluding carboxylic acids is 1. The van der Waals surface area contributed by atoms with Crippen LogP contribution in [0.2, 0.25) is 0 Å². The highest BCUT2D eigenvalue weighted by Crippen LogP contribution is 2.38. The van der Waals surface area contributed by atoms with Crippen molar-refractivity contribution in [3.05, 3.63) is 36.7 Å². The summed E-state index contributed by atoms with van der Waals surface area (Å²) in [4.78, 5) is 15.6. The van der Waals surface area contributed by atoms with Crippen LogP contribution in [0.1, 0.15) is 20.3 Å². The molecule has 1 heterocycles. The molecule has 19 heavy (non-hydrogen) atoms. The van der Waals surface area contributed by atoms with Crippen LogP contribution in [0.3, 0.4) is 0 Å². The average molecular weight is 257 g/mol. The SMILES string of the molecule is CC1(C)C(=O)CC1Oc1ncn(-c2ccccc2)n1. The van der Waals surface area contributed by atoms with Gasteiger partial charge in [0, 0.05) is 6.42 Å². The highest BCUT2D eigenvalue weighted by molar-refractivity contribution is 5.91. The zero-order valence-corrected chi connectivity index (χ0v) is 10.9. The van der Waals surface area contributed by atoms with Gasteiger partial charge in [0.05, 0.1) is 11.1 Å². The second kappa shape index (κ2) is 4.19. The van der Waals surface area contributed by atoms with Crippen molar-refractivity contribution in [3.63, 3.8) is 0 Å². The molecule has 5 nitrogen and oxygen atoms in total. The number of carbonyl (C=O) groups is 1. The predicted molar refractivity (Wildman–Crippen MR) is 69.2 cm³/mol. The Bertz CT molecular complexity index is 604. The van der Waals surface area contributed by atoms with Crippen molar-refractivity contribution in [2.75, 3.05) is 0 Å². The summed E-state index contributed by atoms with van der Waals surface area (Å²) >= 11 is 0. The van der Waals surface area contributed by atoms with Crippen LogP contribution < -0.4 is 4.74 Å². The van der Waals surface area contributed by atoms with Gasteiger partial charge in [0.25, 0.3) is 0 Å². The summed E-state index contributed by atoms with van der Waals surface area (Å²) in [6.07, 6.45) is 1.91. The van der Waals surface area contributed by atoms with Gasteiger partial charge in [-0.05, 0) is 26.0 Å². The first kappa shape index (κ1) is 11.9. The van der Waals surface area contributed by atoms with Gasteiger partial charge in [0.2, 0.25) is 0 Å². The lowest BCUT2D eigenvalue weighted by Crippen LogP contribution is -2.53. The number of aromatic nitrogens is 3. The molecule has 0 amide bonds.